The van der Waals surface area contributed by atoms with Crippen molar-refractivity contribution in [2.24, 2.45) is 0 Å². The molecule has 1 aliphatic heterocycles. The lowest BCUT2D eigenvalue weighted by Crippen LogP contribution is -2.30. The molecule has 20 heavy (non-hydrogen) atoms. The molecule has 0 aromatic heterocycles. The van der Waals surface area contributed by atoms with E-state index in [-0.39, 0.29) is 12.6 Å². The molecule has 0 aliphatic carbocycles. The van der Waals surface area contributed by atoms with Gasteiger partial charge in [0.25, 0.3) is 10.1 Å². The van der Waals surface area contributed by atoms with E-state index in [9.17, 15) is 8.42 Å². The van der Waals surface area contributed by atoms with Gasteiger partial charge in [0.15, 0.2) is 0 Å². The van der Waals surface area contributed by atoms with Crippen molar-refractivity contribution in [3.63, 3.8) is 0 Å². The van der Waals surface area contributed by atoms with Gasteiger partial charge in [-0.2, -0.15) is 8.42 Å². The summed E-state index contributed by atoms with van der Waals surface area (Å²) < 4.78 is 29.5. The molecule has 1 aliphatic rings. The first-order valence-electron chi connectivity index (χ1n) is 7.16. The zero-order chi connectivity index (χ0) is 14.8. The Morgan fingerprint density at radius 1 is 1.35 bits per heavy atom. The van der Waals surface area contributed by atoms with Crippen molar-refractivity contribution >= 4 is 10.1 Å². The summed E-state index contributed by atoms with van der Waals surface area (Å²) in [6.07, 6.45) is 3.30. The van der Waals surface area contributed by atoms with Crippen molar-refractivity contribution < 1.29 is 12.6 Å². The Morgan fingerprint density at radius 3 is 2.75 bits per heavy atom. The van der Waals surface area contributed by atoms with Crippen LogP contribution < -0.4 is 0 Å². The molecule has 1 aromatic carbocycles. The molecule has 1 atom stereocenters. The molecule has 0 N–H and O–H groups in total. The molecule has 1 saturated heterocycles. The summed E-state index contributed by atoms with van der Waals surface area (Å²) in [4.78, 5) is 2.56. The van der Waals surface area contributed by atoms with Gasteiger partial charge in [0, 0.05) is 6.04 Å². The van der Waals surface area contributed by atoms with Gasteiger partial charge >= 0.3 is 0 Å². The van der Waals surface area contributed by atoms with Gasteiger partial charge in [0.05, 0.1) is 11.5 Å². The van der Waals surface area contributed by atoms with Crippen LogP contribution in [0.25, 0.3) is 0 Å². The van der Waals surface area contributed by atoms with E-state index in [0.717, 1.165) is 30.5 Å². The van der Waals surface area contributed by atoms with Crippen molar-refractivity contribution in [3.8, 4) is 0 Å². The van der Waals surface area contributed by atoms with E-state index in [1.54, 1.807) is 13.0 Å². The predicted molar refractivity (Wildman–Crippen MR) is 79.2 cm³/mol. The molecule has 0 bridgehead atoms. The molecule has 1 fully saturated rings. The van der Waals surface area contributed by atoms with E-state index >= 15 is 0 Å². The van der Waals surface area contributed by atoms with E-state index in [4.69, 9.17) is 4.18 Å². The van der Waals surface area contributed by atoms with Crippen LogP contribution in [0.5, 0.6) is 0 Å². The second-order valence-corrected chi connectivity index (χ2v) is 6.98. The maximum atomic E-state index is 12.3. The predicted octanol–water partition coefficient (Wildman–Crippen LogP) is 2.88. The van der Waals surface area contributed by atoms with E-state index < -0.39 is 10.1 Å². The van der Waals surface area contributed by atoms with E-state index in [2.05, 4.69) is 11.9 Å². The number of rotatable bonds is 4. The quantitative estimate of drug-likeness (QED) is 0.802. The molecule has 1 unspecified atom stereocenters. The lowest BCUT2D eigenvalue weighted by Gasteiger charge is -2.33. The van der Waals surface area contributed by atoms with E-state index in [0.29, 0.717) is 4.90 Å². The Kier molecular flexibility index (Phi) is 4.83. The maximum Gasteiger partial charge on any atom is 0.297 e. The Hall–Kier alpha value is -0.910. The topological polar surface area (TPSA) is 46.6 Å². The number of aryl methyl sites for hydroxylation is 1. The standard InChI is InChI=1S/C15H23NO3S/c1-4-19-20(17,18)15-9-8-12(2)11-13(15)14-7-5-6-10-16(14)3/h8-9,11,14H,4-7,10H2,1-3H3. The Labute approximate surface area is 121 Å². The highest BCUT2D eigenvalue weighted by Gasteiger charge is 2.28. The van der Waals surface area contributed by atoms with Crippen LogP contribution >= 0.6 is 0 Å². The van der Waals surface area contributed by atoms with Crippen LogP contribution in [0, 0.1) is 6.92 Å². The SMILES string of the molecule is CCOS(=O)(=O)c1ccc(C)cc1C1CCCCN1C. The average molecular weight is 297 g/mol. The van der Waals surface area contributed by atoms with Gasteiger partial charge < -0.3 is 0 Å². The summed E-state index contributed by atoms with van der Waals surface area (Å²) in [5, 5.41) is 0. The molecular formula is C15H23NO3S. The molecule has 4 nitrogen and oxygen atoms in total. The molecule has 5 heteroatoms. The third-order valence-electron chi connectivity index (χ3n) is 3.84. The fourth-order valence-corrected chi connectivity index (χ4v) is 4.00. The minimum Gasteiger partial charge on any atom is -0.299 e. The number of benzene rings is 1. The Morgan fingerprint density at radius 2 is 2.10 bits per heavy atom. The first-order chi connectivity index (χ1) is 9.45. The minimum absolute atomic E-state index is 0.161. The first-order valence-corrected chi connectivity index (χ1v) is 8.56. The average Bonchev–Trinajstić information content (AvgIpc) is 2.38. The van der Waals surface area contributed by atoms with Crippen molar-refractivity contribution in [2.45, 2.75) is 44.0 Å². The lowest BCUT2D eigenvalue weighted by molar-refractivity contribution is 0.184. The number of piperidine rings is 1. The van der Waals surface area contributed by atoms with Crippen LogP contribution in [0.3, 0.4) is 0 Å². The molecule has 1 heterocycles. The number of hydrogen-bond donors (Lipinski definition) is 0. The molecular weight excluding hydrogens is 274 g/mol. The highest BCUT2D eigenvalue weighted by Crippen LogP contribution is 2.34. The summed E-state index contributed by atoms with van der Waals surface area (Å²) in [6.45, 7) is 4.85. The molecule has 2 rings (SSSR count). The van der Waals surface area contributed by atoms with Gasteiger partial charge in [-0.3, -0.25) is 9.08 Å². The van der Waals surface area contributed by atoms with Crippen LogP contribution in [0.2, 0.25) is 0 Å². The summed E-state index contributed by atoms with van der Waals surface area (Å²) in [7, 11) is -1.60. The molecule has 0 radical (unpaired) electrons. The van der Waals surface area contributed by atoms with E-state index in [1.807, 2.05) is 19.1 Å². The number of hydrogen-bond acceptors (Lipinski definition) is 4. The molecule has 0 saturated carbocycles. The zero-order valence-corrected chi connectivity index (χ0v) is 13.2. The number of likely N-dealkylation sites (tertiary alicyclic amines) is 1. The fourth-order valence-electron chi connectivity index (χ4n) is 2.84. The van der Waals surface area contributed by atoms with Gasteiger partial charge in [-0.05, 0) is 51.9 Å². The zero-order valence-electron chi connectivity index (χ0n) is 12.4. The monoisotopic (exact) mass is 297 g/mol. The minimum atomic E-state index is -3.66. The Bertz CT molecular complexity index is 568. The van der Waals surface area contributed by atoms with Crippen molar-refractivity contribution in [2.75, 3.05) is 20.2 Å². The largest absolute Gasteiger partial charge is 0.299 e. The van der Waals surface area contributed by atoms with Crippen LogP contribution in [-0.2, 0) is 14.3 Å². The van der Waals surface area contributed by atoms with Gasteiger partial charge in [0.1, 0.15) is 0 Å². The van der Waals surface area contributed by atoms with Crippen LogP contribution in [-0.4, -0.2) is 33.5 Å². The van der Waals surface area contributed by atoms with E-state index in [1.165, 1.54) is 6.42 Å². The maximum absolute atomic E-state index is 12.3. The van der Waals surface area contributed by atoms with Crippen molar-refractivity contribution in [3.05, 3.63) is 29.3 Å². The third kappa shape index (κ3) is 3.22. The summed E-state index contributed by atoms with van der Waals surface area (Å²) >= 11 is 0. The smallest absolute Gasteiger partial charge is 0.297 e. The van der Waals surface area contributed by atoms with Gasteiger partial charge in [-0.15, -0.1) is 0 Å². The Balaban J connectivity index is 2.48. The van der Waals surface area contributed by atoms with Gasteiger partial charge in [0.2, 0.25) is 0 Å². The van der Waals surface area contributed by atoms with Crippen LogP contribution in [0.15, 0.2) is 23.1 Å². The summed E-state index contributed by atoms with van der Waals surface area (Å²) in [5.74, 6) is 0. The fraction of sp³-hybridized carbons (Fsp3) is 0.600. The van der Waals surface area contributed by atoms with Gasteiger partial charge in [-0.25, -0.2) is 0 Å². The second-order valence-electron chi connectivity index (χ2n) is 5.39. The molecule has 1 aromatic rings. The van der Waals surface area contributed by atoms with Crippen molar-refractivity contribution in [1.29, 1.82) is 0 Å². The summed E-state index contributed by atoms with van der Waals surface area (Å²) in [6, 6.07) is 5.66. The normalized spacial score (nSPS) is 21.1. The highest BCUT2D eigenvalue weighted by atomic mass is 32.2. The number of nitrogens with zero attached hydrogens (tertiary/aromatic N) is 1. The highest BCUT2D eigenvalue weighted by molar-refractivity contribution is 7.86. The third-order valence-corrected chi connectivity index (χ3v) is 5.29. The molecule has 0 amide bonds. The second kappa shape index (κ2) is 6.24. The summed E-state index contributed by atoms with van der Waals surface area (Å²) in [5.41, 5.74) is 1.95. The molecule has 0 spiro atoms. The van der Waals surface area contributed by atoms with Crippen LogP contribution in [0.1, 0.15) is 43.4 Å². The van der Waals surface area contributed by atoms with Gasteiger partial charge in [-0.1, -0.05) is 24.1 Å². The lowest BCUT2D eigenvalue weighted by atomic mass is 9.95. The molecule has 112 valence electrons. The van der Waals surface area contributed by atoms with Crippen molar-refractivity contribution in [1.82, 2.24) is 4.90 Å². The van der Waals surface area contributed by atoms with Crippen LogP contribution in [0.4, 0.5) is 0 Å². The first kappa shape index (κ1) is 15.5.